The maximum absolute atomic E-state index is 11.2. The zero-order valence-corrected chi connectivity index (χ0v) is 16.4. The number of hydrogen-bond donors (Lipinski definition) is 0. The highest BCUT2D eigenvalue weighted by molar-refractivity contribution is 6.43. The van der Waals surface area contributed by atoms with Crippen LogP contribution >= 0.6 is 0 Å². The van der Waals surface area contributed by atoms with Gasteiger partial charge in [-0.05, 0) is 20.3 Å². The quantitative estimate of drug-likeness (QED) is 0.290. The van der Waals surface area contributed by atoms with Gasteiger partial charge in [-0.2, -0.15) is 0 Å². The Morgan fingerprint density at radius 1 is 0.840 bits per heavy atom. The van der Waals surface area contributed by atoms with Gasteiger partial charge in [0.15, 0.2) is 0 Å². The molecular formula is C15H24O9Si. The molecule has 0 aromatic carbocycles. The molecule has 0 unspecified atom stereocenters. The van der Waals surface area contributed by atoms with Crippen molar-refractivity contribution >= 4 is 39.4 Å². The third kappa shape index (κ3) is 14.8. The highest BCUT2D eigenvalue weighted by atomic mass is 28.3. The van der Waals surface area contributed by atoms with Crippen LogP contribution in [0.25, 0.3) is 0 Å². The Morgan fingerprint density at radius 2 is 1.20 bits per heavy atom. The second-order valence-electron chi connectivity index (χ2n) is 5.37. The molecule has 0 saturated carbocycles. The van der Waals surface area contributed by atoms with E-state index in [-0.39, 0.29) is 0 Å². The molecule has 0 aromatic rings. The van der Waals surface area contributed by atoms with E-state index in [0.29, 0.717) is 6.42 Å². The average molecular weight is 376 g/mol. The minimum absolute atomic E-state index is 0.499. The maximum Gasteiger partial charge on any atom is 0.689 e. The minimum atomic E-state index is -2.96. The summed E-state index contributed by atoms with van der Waals surface area (Å²) in [5.41, 5.74) is -0.659. The van der Waals surface area contributed by atoms with E-state index >= 15 is 0 Å². The summed E-state index contributed by atoms with van der Waals surface area (Å²) >= 11 is 0. The van der Waals surface area contributed by atoms with Crippen molar-refractivity contribution in [2.45, 2.75) is 48.0 Å². The van der Waals surface area contributed by atoms with Crippen LogP contribution < -0.4 is 0 Å². The van der Waals surface area contributed by atoms with Crippen LogP contribution in [0, 0.1) is 5.41 Å². The van der Waals surface area contributed by atoms with E-state index < -0.39 is 44.8 Å². The Labute approximate surface area is 148 Å². The second kappa shape index (κ2) is 12.0. The van der Waals surface area contributed by atoms with Gasteiger partial charge in [-0.3, -0.25) is 24.0 Å². The lowest BCUT2D eigenvalue weighted by molar-refractivity contribution is -0.165. The Kier molecular flexibility index (Phi) is 11.8. The van der Waals surface area contributed by atoms with Crippen molar-refractivity contribution in [2.75, 3.05) is 0 Å². The van der Waals surface area contributed by atoms with E-state index in [0.717, 1.165) is 20.8 Å². The highest BCUT2D eigenvalue weighted by Gasteiger charge is 2.28. The molecule has 0 aromatic heterocycles. The summed E-state index contributed by atoms with van der Waals surface area (Å²) in [6, 6.07) is 0. The number of carbonyl (C=O) groups is 5. The molecule has 0 aliphatic rings. The summed E-state index contributed by atoms with van der Waals surface area (Å²) in [5, 5.41) is 0. The Balaban J connectivity index is 0. The number of allylic oxidation sites excluding steroid dienone is 1. The lowest BCUT2D eigenvalue weighted by atomic mass is 9.90. The standard InChI is InChI=1S/C9H14O3.C6H10O6Si/c1-5-6-9(3,4)8(11)12-7(2)10;1-4(7)10-13(11-5(2)8)12-6(3)9/h5H,1,6H2,2-4H3;13H,1-3H3. The first-order chi connectivity index (χ1) is 11.3. The number of esters is 2. The van der Waals surface area contributed by atoms with Gasteiger partial charge < -0.3 is 18.0 Å². The van der Waals surface area contributed by atoms with E-state index in [1.165, 1.54) is 6.92 Å². The fraction of sp³-hybridized carbons (Fsp3) is 0.533. The molecule has 0 atom stereocenters. The second-order valence-corrected chi connectivity index (χ2v) is 6.66. The summed E-state index contributed by atoms with van der Waals surface area (Å²) in [5.74, 6) is -3.04. The van der Waals surface area contributed by atoms with Crippen LogP contribution in [-0.4, -0.2) is 39.4 Å². The van der Waals surface area contributed by atoms with E-state index in [2.05, 4.69) is 24.6 Å². The van der Waals surface area contributed by atoms with Crippen molar-refractivity contribution in [1.82, 2.24) is 0 Å². The summed E-state index contributed by atoms with van der Waals surface area (Å²) in [6.45, 7) is 11.5. The van der Waals surface area contributed by atoms with Crippen LogP contribution in [0.4, 0.5) is 0 Å². The lowest BCUT2D eigenvalue weighted by Crippen LogP contribution is -2.32. The number of hydrogen-bond acceptors (Lipinski definition) is 9. The van der Waals surface area contributed by atoms with Gasteiger partial charge in [-0.15, -0.1) is 6.58 Å². The van der Waals surface area contributed by atoms with Gasteiger partial charge >= 0.3 is 21.5 Å². The first-order valence-electron chi connectivity index (χ1n) is 7.17. The van der Waals surface area contributed by atoms with E-state index in [4.69, 9.17) is 0 Å². The minimum Gasteiger partial charge on any atom is -0.458 e. The first kappa shape index (κ1) is 24.8. The van der Waals surface area contributed by atoms with Crippen LogP contribution in [0.15, 0.2) is 12.7 Å². The zero-order valence-electron chi connectivity index (χ0n) is 15.2. The van der Waals surface area contributed by atoms with Gasteiger partial charge in [0, 0.05) is 27.7 Å². The van der Waals surface area contributed by atoms with Crippen molar-refractivity contribution in [2.24, 2.45) is 5.41 Å². The maximum atomic E-state index is 11.2. The third-order valence-corrected chi connectivity index (χ3v) is 3.80. The number of ether oxygens (including phenoxy) is 1. The van der Waals surface area contributed by atoms with Crippen molar-refractivity contribution in [1.29, 1.82) is 0 Å². The Morgan fingerprint density at radius 3 is 1.44 bits per heavy atom. The predicted octanol–water partition coefficient (Wildman–Crippen LogP) is 1.07. The van der Waals surface area contributed by atoms with Crippen molar-refractivity contribution < 1.29 is 42.0 Å². The zero-order chi connectivity index (χ0) is 20.2. The van der Waals surface area contributed by atoms with Crippen LogP contribution in [0.3, 0.4) is 0 Å². The summed E-state index contributed by atoms with van der Waals surface area (Å²) < 4.78 is 17.9. The van der Waals surface area contributed by atoms with Gasteiger partial charge in [0.05, 0.1) is 5.41 Å². The summed E-state index contributed by atoms with van der Waals surface area (Å²) in [4.78, 5) is 53.0. The fourth-order valence-corrected chi connectivity index (χ4v) is 2.15. The molecule has 0 aliphatic carbocycles. The highest BCUT2D eigenvalue weighted by Crippen LogP contribution is 2.22. The Hall–Kier alpha value is -2.49. The molecule has 0 rings (SSSR count). The normalized spacial score (nSPS) is 9.88. The summed E-state index contributed by atoms with van der Waals surface area (Å²) in [6.07, 6.45) is 2.13. The lowest BCUT2D eigenvalue weighted by Gasteiger charge is -2.18. The van der Waals surface area contributed by atoms with Gasteiger partial charge in [-0.1, -0.05) is 6.08 Å². The van der Waals surface area contributed by atoms with Gasteiger partial charge in [0.25, 0.3) is 17.9 Å². The van der Waals surface area contributed by atoms with Crippen molar-refractivity contribution in [3.8, 4) is 0 Å². The molecule has 0 amide bonds. The van der Waals surface area contributed by atoms with Crippen LogP contribution in [0.5, 0.6) is 0 Å². The van der Waals surface area contributed by atoms with E-state index in [9.17, 15) is 24.0 Å². The molecule has 142 valence electrons. The molecule has 0 N–H and O–H groups in total. The van der Waals surface area contributed by atoms with Crippen LogP contribution in [0.2, 0.25) is 0 Å². The fourth-order valence-electron chi connectivity index (χ4n) is 1.19. The molecule has 10 heteroatoms. The van der Waals surface area contributed by atoms with E-state index in [1.807, 2.05) is 0 Å². The Bertz CT molecular complexity index is 487. The van der Waals surface area contributed by atoms with Crippen LogP contribution in [-0.2, 0) is 42.0 Å². The number of rotatable bonds is 6. The van der Waals surface area contributed by atoms with Crippen LogP contribution in [0.1, 0.15) is 48.0 Å². The molecule has 0 saturated heterocycles. The third-order valence-electron chi connectivity index (χ3n) is 2.23. The largest absolute Gasteiger partial charge is 0.689 e. The van der Waals surface area contributed by atoms with Crippen molar-refractivity contribution in [3.63, 3.8) is 0 Å². The molecule has 0 spiro atoms. The molecule has 0 aliphatic heterocycles. The predicted molar refractivity (Wildman–Crippen MR) is 87.8 cm³/mol. The van der Waals surface area contributed by atoms with E-state index in [1.54, 1.807) is 19.9 Å². The average Bonchev–Trinajstić information content (AvgIpc) is 2.35. The molecular weight excluding hydrogens is 352 g/mol. The molecule has 0 bridgehead atoms. The monoisotopic (exact) mass is 376 g/mol. The first-order valence-corrected chi connectivity index (χ1v) is 8.58. The SMILES string of the molecule is C=CCC(C)(C)C(=O)OC(C)=O.CC(=O)O[SiH](OC(C)=O)OC(C)=O. The number of carbonyl (C=O) groups excluding carboxylic acids is 5. The van der Waals surface area contributed by atoms with Gasteiger partial charge in [-0.25, -0.2) is 0 Å². The molecule has 0 heterocycles. The molecule has 0 radical (unpaired) electrons. The van der Waals surface area contributed by atoms with Crippen molar-refractivity contribution in [3.05, 3.63) is 12.7 Å². The molecule has 9 nitrogen and oxygen atoms in total. The van der Waals surface area contributed by atoms with Gasteiger partial charge in [0.2, 0.25) is 0 Å². The molecule has 0 fully saturated rings. The smallest absolute Gasteiger partial charge is 0.458 e. The topological polar surface area (TPSA) is 122 Å². The molecule has 25 heavy (non-hydrogen) atoms. The van der Waals surface area contributed by atoms with Gasteiger partial charge in [0.1, 0.15) is 0 Å². The summed E-state index contributed by atoms with van der Waals surface area (Å²) in [7, 11) is -2.96.